The van der Waals surface area contributed by atoms with E-state index in [9.17, 15) is 13.6 Å². The molecular formula is C12H14F2N2O2. The lowest BCUT2D eigenvalue weighted by molar-refractivity contribution is -0.132. The standard InChI is InChI=1S/C12H14F2N2O2/c1-7(2)8-4-5-9(13)11(14)10(8)12(15-3)16-18-6-17/h4-7H,1-3H3,(H,15,16). The van der Waals surface area contributed by atoms with Crippen LogP contribution in [0.4, 0.5) is 8.78 Å². The van der Waals surface area contributed by atoms with Crippen molar-refractivity contribution in [2.75, 3.05) is 7.05 Å². The zero-order valence-electron chi connectivity index (χ0n) is 10.3. The van der Waals surface area contributed by atoms with E-state index >= 15 is 0 Å². The fraction of sp³-hybridized carbons (Fsp3) is 0.333. The summed E-state index contributed by atoms with van der Waals surface area (Å²) in [6.45, 7) is 3.81. The maximum Gasteiger partial charge on any atom is 0.320 e. The lowest BCUT2D eigenvalue weighted by atomic mass is 9.96. The maximum atomic E-state index is 13.8. The van der Waals surface area contributed by atoms with Gasteiger partial charge in [0.15, 0.2) is 17.5 Å². The number of hydrogen-bond acceptors (Lipinski definition) is 3. The average molecular weight is 256 g/mol. The van der Waals surface area contributed by atoms with Gasteiger partial charge in [-0.1, -0.05) is 19.9 Å². The van der Waals surface area contributed by atoms with Crippen LogP contribution in [0, 0.1) is 11.6 Å². The van der Waals surface area contributed by atoms with E-state index in [1.54, 1.807) is 0 Å². The molecule has 0 aliphatic rings. The molecule has 0 atom stereocenters. The van der Waals surface area contributed by atoms with E-state index < -0.39 is 11.6 Å². The van der Waals surface area contributed by atoms with Crippen molar-refractivity contribution in [1.82, 2.24) is 5.48 Å². The van der Waals surface area contributed by atoms with Gasteiger partial charge in [-0.25, -0.2) is 14.3 Å². The van der Waals surface area contributed by atoms with Crippen LogP contribution in [0.15, 0.2) is 17.1 Å². The van der Waals surface area contributed by atoms with Crippen LogP contribution >= 0.6 is 0 Å². The van der Waals surface area contributed by atoms with Crippen molar-refractivity contribution < 1.29 is 18.4 Å². The minimum Gasteiger partial charge on any atom is -0.345 e. The number of nitrogens with one attached hydrogen (secondary N) is 1. The number of halogens is 2. The highest BCUT2D eigenvalue weighted by atomic mass is 19.2. The summed E-state index contributed by atoms with van der Waals surface area (Å²) in [5, 5.41) is 0. The van der Waals surface area contributed by atoms with Crippen LogP contribution in [0.3, 0.4) is 0 Å². The lowest BCUT2D eigenvalue weighted by Crippen LogP contribution is -2.27. The molecule has 0 radical (unpaired) electrons. The lowest BCUT2D eigenvalue weighted by Gasteiger charge is -2.15. The molecule has 98 valence electrons. The first-order chi connectivity index (χ1) is 8.52. The van der Waals surface area contributed by atoms with E-state index in [-0.39, 0.29) is 23.8 Å². The van der Waals surface area contributed by atoms with Crippen LogP contribution in [0.25, 0.3) is 0 Å². The van der Waals surface area contributed by atoms with E-state index in [1.807, 2.05) is 13.8 Å². The smallest absolute Gasteiger partial charge is 0.320 e. The molecule has 0 fully saturated rings. The van der Waals surface area contributed by atoms with Crippen molar-refractivity contribution in [2.45, 2.75) is 19.8 Å². The number of aliphatic imine (C=N–C) groups is 1. The number of nitrogens with zero attached hydrogens (tertiary/aromatic N) is 1. The van der Waals surface area contributed by atoms with Crippen LogP contribution in [0.5, 0.6) is 0 Å². The highest BCUT2D eigenvalue weighted by Crippen LogP contribution is 2.24. The number of amidine groups is 1. The Morgan fingerprint density at radius 2 is 2.11 bits per heavy atom. The van der Waals surface area contributed by atoms with Gasteiger partial charge in [0, 0.05) is 7.05 Å². The minimum atomic E-state index is -1.02. The van der Waals surface area contributed by atoms with Crippen LogP contribution in [-0.4, -0.2) is 19.4 Å². The molecule has 18 heavy (non-hydrogen) atoms. The Kier molecular flexibility index (Phi) is 4.76. The average Bonchev–Trinajstić information content (AvgIpc) is 2.34. The summed E-state index contributed by atoms with van der Waals surface area (Å²) >= 11 is 0. The van der Waals surface area contributed by atoms with Gasteiger partial charge in [0.1, 0.15) is 0 Å². The molecule has 6 heteroatoms. The van der Waals surface area contributed by atoms with Crippen molar-refractivity contribution >= 4 is 12.3 Å². The molecular weight excluding hydrogens is 242 g/mol. The molecule has 0 bridgehead atoms. The van der Waals surface area contributed by atoms with Crippen molar-refractivity contribution in [3.63, 3.8) is 0 Å². The molecule has 0 saturated heterocycles. The Balaban J connectivity index is 3.34. The van der Waals surface area contributed by atoms with E-state index in [0.717, 1.165) is 6.07 Å². The second-order valence-electron chi connectivity index (χ2n) is 3.87. The van der Waals surface area contributed by atoms with Crippen molar-refractivity contribution in [3.05, 3.63) is 34.9 Å². The van der Waals surface area contributed by atoms with Crippen LogP contribution in [0.1, 0.15) is 30.9 Å². The van der Waals surface area contributed by atoms with Crippen molar-refractivity contribution in [3.8, 4) is 0 Å². The summed E-state index contributed by atoms with van der Waals surface area (Å²) in [5.41, 5.74) is 2.71. The van der Waals surface area contributed by atoms with Gasteiger partial charge in [0.05, 0.1) is 5.56 Å². The first-order valence-electron chi connectivity index (χ1n) is 5.33. The summed E-state index contributed by atoms with van der Waals surface area (Å²) < 4.78 is 27.1. The van der Waals surface area contributed by atoms with E-state index in [4.69, 9.17) is 0 Å². The van der Waals surface area contributed by atoms with Gasteiger partial charge >= 0.3 is 6.47 Å². The zero-order valence-corrected chi connectivity index (χ0v) is 10.3. The van der Waals surface area contributed by atoms with Crippen LogP contribution in [-0.2, 0) is 9.63 Å². The summed E-state index contributed by atoms with van der Waals surface area (Å²) in [5.74, 6) is -2.08. The summed E-state index contributed by atoms with van der Waals surface area (Å²) in [4.78, 5) is 18.2. The summed E-state index contributed by atoms with van der Waals surface area (Å²) in [6.07, 6.45) is 0. The Hall–Kier alpha value is -1.98. The van der Waals surface area contributed by atoms with Crippen LogP contribution < -0.4 is 5.48 Å². The molecule has 0 aliphatic carbocycles. The third-order valence-corrected chi connectivity index (χ3v) is 2.41. The third kappa shape index (κ3) is 2.82. The second kappa shape index (κ2) is 6.09. The summed E-state index contributed by atoms with van der Waals surface area (Å²) in [6, 6.07) is 2.54. The van der Waals surface area contributed by atoms with Crippen molar-refractivity contribution in [1.29, 1.82) is 0 Å². The summed E-state index contributed by atoms with van der Waals surface area (Å²) in [7, 11) is 1.38. The number of carbonyl (C=O) groups is 1. The molecule has 0 heterocycles. The second-order valence-corrected chi connectivity index (χ2v) is 3.87. The Morgan fingerprint density at radius 3 is 2.61 bits per heavy atom. The van der Waals surface area contributed by atoms with Crippen molar-refractivity contribution in [2.24, 2.45) is 4.99 Å². The fourth-order valence-electron chi connectivity index (χ4n) is 1.58. The molecule has 0 aromatic heterocycles. The molecule has 0 aliphatic heterocycles. The maximum absolute atomic E-state index is 13.8. The van der Waals surface area contributed by atoms with Gasteiger partial charge in [-0.3, -0.25) is 9.79 Å². The third-order valence-electron chi connectivity index (χ3n) is 2.41. The Labute approximate surface area is 104 Å². The molecule has 0 saturated carbocycles. The number of hydrogen-bond donors (Lipinski definition) is 1. The van der Waals surface area contributed by atoms with Gasteiger partial charge < -0.3 is 4.84 Å². The van der Waals surface area contributed by atoms with E-state index in [0.29, 0.717) is 5.56 Å². The minimum absolute atomic E-state index is 0.0330. The molecule has 0 unspecified atom stereocenters. The van der Waals surface area contributed by atoms with Crippen LogP contribution in [0.2, 0.25) is 0 Å². The number of rotatable bonds is 4. The zero-order chi connectivity index (χ0) is 13.7. The number of benzene rings is 1. The van der Waals surface area contributed by atoms with E-state index in [2.05, 4.69) is 15.3 Å². The normalized spacial score (nSPS) is 11.6. The monoisotopic (exact) mass is 256 g/mol. The predicted octanol–water partition coefficient (Wildman–Crippen LogP) is 2.14. The van der Waals surface area contributed by atoms with Gasteiger partial charge in [0.2, 0.25) is 0 Å². The fourth-order valence-corrected chi connectivity index (χ4v) is 1.58. The number of hydroxylamine groups is 1. The Bertz CT molecular complexity index is 473. The first kappa shape index (κ1) is 14.1. The molecule has 1 aromatic rings. The van der Waals surface area contributed by atoms with Gasteiger partial charge in [-0.15, -0.1) is 0 Å². The quantitative estimate of drug-likeness (QED) is 0.388. The SMILES string of the molecule is CN=C(NOC=O)c1c(C(C)C)ccc(F)c1F. The molecule has 0 amide bonds. The van der Waals surface area contributed by atoms with Gasteiger partial charge in [0.25, 0.3) is 0 Å². The topological polar surface area (TPSA) is 50.7 Å². The molecule has 0 spiro atoms. The Morgan fingerprint density at radius 1 is 1.44 bits per heavy atom. The predicted molar refractivity (Wildman–Crippen MR) is 63.2 cm³/mol. The number of carbonyl (C=O) groups excluding carboxylic acids is 1. The highest BCUT2D eigenvalue weighted by molar-refractivity contribution is 6.00. The van der Waals surface area contributed by atoms with E-state index in [1.165, 1.54) is 13.1 Å². The molecule has 4 nitrogen and oxygen atoms in total. The van der Waals surface area contributed by atoms with Gasteiger partial charge in [-0.05, 0) is 17.5 Å². The molecule has 1 aromatic carbocycles. The largest absolute Gasteiger partial charge is 0.345 e. The molecule has 1 N–H and O–H groups in total. The first-order valence-corrected chi connectivity index (χ1v) is 5.33. The van der Waals surface area contributed by atoms with Gasteiger partial charge in [-0.2, -0.15) is 0 Å². The molecule has 1 rings (SSSR count). The highest BCUT2D eigenvalue weighted by Gasteiger charge is 2.20.